The highest BCUT2D eigenvalue weighted by atomic mass is 32.1. The monoisotopic (exact) mass is 408 g/mol. The molecule has 0 aliphatic heterocycles. The highest BCUT2D eigenvalue weighted by Crippen LogP contribution is 2.31. The number of hydrogen-bond acceptors (Lipinski definition) is 7. The van der Waals surface area contributed by atoms with Gasteiger partial charge in [-0.1, -0.05) is 22.4 Å². The van der Waals surface area contributed by atoms with E-state index < -0.39 is 11.7 Å². The van der Waals surface area contributed by atoms with E-state index in [1.165, 1.54) is 24.3 Å². The van der Waals surface area contributed by atoms with Crippen molar-refractivity contribution in [3.05, 3.63) is 58.7 Å². The second-order valence-corrected chi connectivity index (χ2v) is 7.45. The minimum absolute atomic E-state index is 0.102. The molecule has 0 aliphatic carbocycles. The Labute approximate surface area is 161 Å². The predicted molar refractivity (Wildman–Crippen MR) is 99.2 cm³/mol. The van der Waals surface area contributed by atoms with Crippen LogP contribution < -0.4 is 0 Å². The zero-order valence-electron chi connectivity index (χ0n) is 14.3. The summed E-state index contributed by atoms with van der Waals surface area (Å²) in [6.07, 6.45) is 0. The van der Waals surface area contributed by atoms with E-state index in [-0.39, 0.29) is 5.78 Å². The van der Waals surface area contributed by atoms with Crippen LogP contribution in [0.25, 0.3) is 21.1 Å². The molecule has 4 aromatic heterocycles. The van der Waals surface area contributed by atoms with Gasteiger partial charge in [0.05, 0.1) is 9.75 Å². The third-order valence-electron chi connectivity index (χ3n) is 3.35. The van der Waals surface area contributed by atoms with Crippen molar-refractivity contribution in [1.82, 2.24) is 10.3 Å². The maximum Gasteiger partial charge on any atom is 0.304 e. The average Bonchev–Trinajstić information content (AvgIpc) is 3.43. The Kier molecular flexibility index (Phi) is 5.62. The van der Waals surface area contributed by atoms with E-state index >= 15 is 0 Å². The third-order valence-corrected chi connectivity index (χ3v) is 5.13. The molecule has 0 radical (unpaired) electrons. The molecule has 0 unspecified atom stereocenters. The van der Waals surface area contributed by atoms with E-state index in [0.29, 0.717) is 11.5 Å². The molecule has 9 heteroatoms. The molecular formula is C18H14F2N2O3S2. The molecule has 4 heterocycles. The Bertz CT molecular complexity index is 1000. The summed E-state index contributed by atoms with van der Waals surface area (Å²) in [5.74, 6) is -3.16. The quantitative estimate of drug-likeness (QED) is 0.381. The van der Waals surface area contributed by atoms with E-state index in [4.69, 9.17) is 4.52 Å². The molecule has 0 atom stereocenters. The summed E-state index contributed by atoms with van der Waals surface area (Å²) in [7, 11) is 0. The van der Waals surface area contributed by atoms with Crippen LogP contribution in [0.15, 0.2) is 56.2 Å². The number of alkyl halides is 2. The van der Waals surface area contributed by atoms with Gasteiger partial charge in [0.2, 0.25) is 11.5 Å². The van der Waals surface area contributed by atoms with Crippen LogP contribution in [-0.2, 0) is 5.92 Å². The lowest BCUT2D eigenvalue weighted by Crippen LogP contribution is -2.04. The van der Waals surface area contributed by atoms with E-state index in [2.05, 4.69) is 14.8 Å². The molecule has 4 aromatic rings. The van der Waals surface area contributed by atoms with Crippen LogP contribution in [0.3, 0.4) is 0 Å². The fraction of sp³-hybridized carbons (Fsp3) is 0.167. The number of ketones is 1. The van der Waals surface area contributed by atoms with Crippen LogP contribution in [0.1, 0.15) is 30.2 Å². The van der Waals surface area contributed by atoms with Crippen molar-refractivity contribution in [2.45, 2.75) is 19.8 Å². The lowest BCUT2D eigenvalue weighted by Gasteiger charge is -2.02. The lowest BCUT2D eigenvalue weighted by atomic mass is 10.2. The highest BCUT2D eigenvalue weighted by molar-refractivity contribution is 7.13. The fourth-order valence-corrected chi connectivity index (χ4v) is 3.36. The maximum atomic E-state index is 12.8. The summed E-state index contributed by atoms with van der Waals surface area (Å²) in [6.45, 7) is 2.24. The molecule has 4 rings (SSSR count). The van der Waals surface area contributed by atoms with Crippen molar-refractivity contribution in [3.8, 4) is 21.1 Å². The Morgan fingerprint density at radius 1 is 1.00 bits per heavy atom. The first-order chi connectivity index (χ1) is 12.8. The van der Waals surface area contributed by atoms with Gasteiger partial charge in [-0.3, -0.25) is 4.79 Å². The van der Waals surface area contributed by atoms with E-state index in [1.807, 2.05) is 29.0 Å². The Morgan fingerprint density at radius 2 is 1.56 bits per heavy atom. The lowest BCUT2D eigenvalue weighted by molar-refractivity contribution is -0.0105. The number of thiophene rings is 2. The molecule has 140 valence electrons. The number of hydrogen-bond donors (Lipinski definition) is 0. The zero-order valence-corrected chi connectivity index (χ0v) is 15.9. The normalized spacial score (nSPS) is 11.1. The Balaban J connectivity index is 0.000000156. The van der Waals surface area contributed by atoms with Gasteiger partial charge in [-0.15, -0.1) is 22.7 Å². The molecule has 0 aromatic carbocycles. The molecule has 0 aliphatic rings. The van der Waals surface area contributed by atoms with Gasteiger partial charge >= 0.3 is 5.92 Å². The number of halogens is 2. The van der Waals surface area contributed by atoms with Crippen LogP contribution in [-0.4, -0.2) is 16.1 Å². The molecule has 0 amide bonds. The van der Waals surface area contributed by atoms with Crippen molar-refractivity contribution >= 4 is 28.5 Å². The summed E-state index contributed by atoms with van der Waals surface area (Å²) >= 11 is 3.00. The smallest absolute Gasteiger partial charge is 0.304 e. The van der Waals surface area contributed by atoms with Crippen molar-refractivity contribution in [2.24, 2.45) is 0 Å². The van der Waals surface area contributed by atoms with Gasteiger partial charge in [-0.25, -0.2) is 0 Å². The van der Waals surface area contributed by atoms with Crippen molar-refractivity contribution in [2.75, 3.05) is 0 Å². The van der Waals surface area contributed by atoms with Crippen molar-refractivity contribution < 1.29 is 22.6 Å². The van der Waals surface area contributed by atoms with Gasteiger partial charge in [-0.05, 0) is 22.9 Å². The molecule has 0 saturated carbocycles. The van der Waals surface area contributed by atoms with E-state index in [1.54, 1.807) is 23.5 Å². The van der Waals surface area contributed by atoms with E-state index in [9.17, 15) is 13.6 Å². The van der Waals surface area contributed by atoms with Gasteiger partial charge in [0.1, 0.15) is 11.4 Å². The van der Waals surface area contributed by atoms with Crippen molar-refractivity contribution in [1.29, 1.82) is 0 Å². The SMILES string of the molecule is CC(=O)c1cc(-c2cccs2)no1.CC(F)(F)c1cc(-c2cccs2)no1. The molecular weight excluding hydrogens is 394 g/mol. The average molecular weight is 408 g/mol. The summed E-state index contributed by atoms with van der Waals surface area (Å²) in [6, 6.07) is 10.4. The summed E-state index contributed by atoms with van der Waals surface area (Å²) in [5, 5.41) is 11.2. The number of carbonyl (C=O) groups excluding carboxylic acids is 1. The molecule has 0 N–H and O–H groups in total. The molecule has 27 heavy (non-hydrogen) atoms. The van der Waals surface area contributed by atoms with Gasteiger partial charge in [0.25, 0.3) is 0 Å². The summed E-state index contributed by atoms with van der Waals surface area (Å²) in [5.41, 5.74) is 1.18. The number of nitrogens with zero attached hydrogens (tertiary/aromatic N) is 2. The van der Waals surface area contributed by atoms with Crippen LogP contribution in [0, 0.1) is 0 Å². The summed E-state index contributed by atoms with van der Waals surface area (Å²) in [4.78, 5) is 12.7. The fourth-order valence-electron chi connectivity index (χ4n) is 2.00. The predicted octanol–water partition coefficient (Wildman–Crippen LogP) is 6.12. The second-order valence-electron chi connectivity index (χ2n) is 5.55. The van der Waals surface area contributed by atoms with Crippen LogP contribution in [0.5, 0.6) is 0 Å². The molecule has 0 saturated heterocycles. The first-order valence-electron chi connectivity index (χ1n) is 7.75. The van der Waals surface area contributed by atoms with Gasteiger partial charge in [0.15, 0.2) is 5.78 Å². The van der Waals surface area contributed by atoms with Crippen LogP contribution in [0.4, 0.5) is 8.78 Å². The second kappa shape index (κ2) is 7.93. The highest BCUT2D eigenvalue weighted by Gasteiger charge is 2.30. The number of Topliss-reactive ketones (excluding diaryl/α,β-unsaturated/α-hetero) is 1. The van der Waals surface area contributed by atoms with Crippen LogP contribution in [0.2, 0.25) is 0 Å². The summed E-state index contributed by atoms with van der Waals surface area (Å²) < 4.78 is 35.0. The first kappa shape index (κ1) is 19.1. The first-order valence-corrected chi connectivity index (χ1v) is 9.51. The van der Waals surface area contributed by atoms with E-state index in [0.717, 1.165) is 22.4 Å². The Morgan fingerprint density at radius 3 is 1.96 bits per heavy atom. The van der Waals surface area contributed by atoms with Gasteiger partial charge < -0.3 is 9.05 Å². The van der Waals surface area contributed by atoms with Gasteiger partial charge in [0, 0.05) is 26.0 Å². The minimum atomic E-state index is -2.97. The van der Waals surface area contributed by atoms with Crippen molar-refractivity contribution in [3.63, 3.8) is 0 Å². The third kappa shape index (κ3) is 4.75. The largest absolute Gasteiger partial charge is 0.354 e. The molecule has 0 bridgehead atoms. The number of carbonyl (C=O) groups is 1. The zero-order chi connectivity index (χ0) is 19.4. The standard InChI is InChI=1S/C9H7F2NOS.C9H7NO2S/c1-9(10,11)8-5-6(12-13-8)7-3-2-4-14-7;1-6(11)8-5-7(10-12-8)9-3-2-4-13-9/h2-5H,1H3;2-5H,1H3. The maximum absolute atomic E-state index is 12.8. The topological polar surface area (TPSA) is 69.1 Å². The molecule has 5 nitrogen and oxygen atoms in total. The molecule has 0 spiro atoms. The minimum Gasteiger partial charge on any atom is -0.354 e. The Hall–Kier alpha value is -2.65. The molecule has 0 fully saturated rings. The van der Waals surface area contributed by atoms with Crippen LogP contribution >= 0.6 is 22.7 Å². The number of aromatic nitrogens is 2. The number of rotatable bonds is 4. The van der Waals surface area contributed by atoms with Gasteiger partial charge in [-0.2, -0.15) is 8.78 Å².